The van der Waals surface area contributed by atoms with Crippen LogP contribution in [0, 0.1) is 11.8 Å². The van der Waals surface area contributed by atoms with E-state index in [0.717, 1.165) is 25.7 Å². The van der Waals surface area contributed by atoms with Gasteiger partial charge in [0.15, 0.2) is 0 Å². The number of rotatable bonds is 5. The van der Waals surface area contributed by atoms with Gasteiger partial charge in [-0.3, -0.25) is 4.79 Å². The Kier molecular flexibility index (Phi) is 5.68. The molecule has 0 aromatic heterocycles. The van der Waals surface area contributed by atoms with Crippen molar-refractivity contribution < 1.29 is 14.7 Å². The Hall–Kier alpha value is -1.52. The molecule has 0 saturated heterocycles. The van der Waals surface area contributed by atoms with E-state index >= 15 is 0 Å². The lowest BCUT2D eigenvalue weighted by Crippen LogP contribution is -2.42. The van der Waals surface area contributed by atoms with Gasteiger partial charge in [0.1, 0.15) is 0 Å². The van der Waals surface area contributed by atoms with E-state index in [1.54, 1.807) is 13.1 Å². The third-order valence-electron chi connectivity index (χ3n) is 3.49. The number of hydrogen-bond acceptors (Lipinski definition) is 2. The molecule has 18 heavy (non-hydrogen) atoms. The number of carbonyl (C=O) groups excluding carboxylic acids is 1. The maximum absolute atomic E-state index is 11.7. The standard InChI is InChI=1S/C13H22N2O3/c1-3-8-15(2)13(18)14-9-10-6-4-5-7-11(10)12(16)17/h3,10-11H,1,4-9H2,2H3,(H,14,18)(H,16,17). The molecule has 0 heterocycles. The normalized spacial score (nSPS) is 23.2. The van der Waals surface area contributed by atoms with Crippen LogP contribution in [0.15, 0.2) is 12.7 Å². The van der Waals surface area contributed by atoms with E-state index in [9.17, 15) is 9.59 Å². The summed E-state index contributed by atoms with van der Waals surface area (Å²) in [5.74, 6) is -1.01. The molecule has 0 spiro atoms. The van der Waals surface area contributed by atoms with Gasteiger partial charge in [0, 0.05) is 20.1 Å². The van der Waals surface area contributed by atoms with Crippen molar-refractivity contribution in [2.24, 2.45) is 11.8 Å². The predicted octanol–water partition coefficient (Wildman–Crippen LogP) is 1.70. The van der Waals surface area contributed by atoms with E-state index < -0.39 is 5.97 Å². The zero-order chi connectivity index (χ0) is 13.5. The number of nitrogens with one attached hydrogen (secondary N) is 1. The average Bonchev–Trinajstić information content (AvgIpc) is 2.36. The Morgan fingerprint density at radius 1 is 1.44 bits per heavy atom. The second-order valence-electron chi connectivity index (χ2n) is 4.84. The molecule has 1 saturated carbocycles. The quantitative estimate of drug-likeness (QED) is 0.734. The SMILES string of the molecule is C=CCN(C)C(=O)NCC1CCCCC1C(=O)O. The highest BCUT2D eigenvalue weighted by molar-refractivity contribution is 5.74. The lowest BCUT2D eigenvalue weighted by atomic mass is 9.79. The highest BCUT2D eigenvalue weighted by Crippen LogP contribution is 2.29. The van der Waals surface area contributed by atoms with Gasteiger partial charge in [-0.05, 0) is 18.8 Å². The molecule has 2 amide bonds. The molecule has 0 radical (unpaired) electrons. The molecule has 5 heteroatoms. The highest BCUT2D eigenvalue weighted by atomic mass is 16.4. The predicted molar refractivity (Wildman–Crippen MR) is 69.3 cm³/mol. The van der Waals surface area contributed by atoms with E-state index in [1.165, 1.54) is 4.90 Å². The van der Waals surface area contributed by atoms with Crippen LogP contribution in [0.2, 0.25) is 0 Å². The Morgan fingerprint density at radius 3 is 2.72 bits per heavy atom. The Bertz CT molecular complexity index is 317. The molecule has 0 aromatic rings. The van der Waals surface area contributed by atoms with Crippen LogP contribution in [-0.4, -0.2) is 42.1 Å². The molecular formula is C13H22N2O3. The summed E-state index contributed by atoms with van der Waals surface area (Å²) in [5.41, 5.74) is 0. The van der Waals surface area contributed by atoms with Crippen molar-refractivity contribution in [2.75, 3.05) is 20.1 Å². The van der Waals surface area contributed by atoms with E-state index in [-0.39, 0.29) is 17.9 Å². The molecule has 2 atom stereocenters. The third kappa shape index (κ3) is 4.05. The minimum absolute atomic E-state index is 0.0531. The summed E-state index contributed by atoms with van der Waals surface area (Å²) in [7, 11) is 1.69. The summed E-state index contributed by atoms with van der Waals surface area (Å²) in [6.07, 6.45) is 5.27. The van der Waals surface area contributed by atoms with E-state index in [4.69, 9.17) is 5.11 Å². The van der Waals surface area contributed by atoms with Crippen molar-refractivity contribution in [1.29, 1.82) is 0 Å². The van der Waals surface area contributed by atoms with Gasteiger partial charge in [0.25, 0.3) is 0 Å². The first kappa shape index (κ1) is 14.5. The van der Waals surface area contributed by atoms with Crippen molar-refractivity contribution in [1.82, 2.24) is 10.2 Å². The van der Waals surface area contributed by atoms with Gasteiger partial charge >= 0.3 is 12.0 Å². The number of carboxylic acid groups (broad SMARTS) is 1. The monoisotopic (exact) mass is 254 g/mol. The van der Waals surface area contributed by atoms with Gasteiger partial charge < -0.3 is 15.3 Å². The number of aliphatic carboxylic acids is 1. The summed E-state index contributed by atoms with van der Waals surface area (Å²) >= 11 is 0. The van der Waals surface area contributed by atoms with Crippen molar-refractivity contribution in [3.8, 4) is 0 Å². The molecule has 0 aliphatic heterocycles. The molecule has 5 nitrogen and oxygen atoms in total. The zero-order valence-corrected chi connectivity index (χ0v) is 10.9. The van der Waals surface area contributed by atoms with Crippen LogP contribution in [0.4, 0.5) is 4.79 Å². The molecule has 2 unspecified atom stereocenters. The highest BCUT2D eigenvalue weighted by Gasteiger charge is 2.30. The average molecular weight is 254 g/mol. The van der Waals surface area contributed by atoms with Crippen molar-refractivity contribution >= 4 is 12.0 Å². The number of urea groups is 1. The molecule has 1 aliphatic carbocycles. The molecular weight excluding hydrogens is 232 g/mol. The first-order valence-electron chi connectivity index (χ1n) is 6.39. The van der Waals surface area contributed by atoms with Crippen molar-refractivity contribution in [3.63, 3.8) is 0 Å². The Labute approximate surface area is 108 Å². The van der Waals surface area contributed by atoms with E-state index in [2.05, 4.69) is 11.9 Å². The maximum Gasteiger partial charge on any atom is 0.317 e. The first-order chi connectivity index (χ1) is 8.56. The van der Waals surface area contributed by atoms with Crippen LogP contribution in [-0.2, 0) is 4.79 Å². The topological polar surface area (TPSA) is 69.6 Å². The number of nitrogens with zero attached hydrogens (tertiary/aromatic N) is 1. The first-order valence-corrected chi connectivity index (χ1v) is 6.39. The zero-order valence-electron chi connectivity index (χ0n) is 10.9. The Morgan fingerprint density at radius 2 is 2.11 bits per heavy atom. The third-order valence-corrected chi connectivity index (χ3v) is 3.49. The van der Waals surface area contributed by atoms with Crippen LogP contribution in [0.3, 0.4) is 0 Å². The minimum Gasteiger partial charge on any atom is -0.481 e. The van der Waals surface area contributed by atoms with E-state index in [1.807, 2.05) is 0 Å². The fraction of sp³-hybridized carbons (Fsp3) is 0.692. The fourth-order valence-electron chi connectivity index (χ4n) is 2.41. The largest absolute Gasteiger partial charge is 0.481 e. The maximum atomic E-state index is 11.7. The van der Waals surface area contributed by atoms with Crippen LogP contribution in [0.25, 0.3) is 0 Å². The molecule has 102 valence electrons. The molecule has 1 rings (SSSR count). The number of hydrogen-bond donors (Lipinski definition) is 2. The van der Waals surface area contributed by atoms with Gasteiger partial charge in [-0.1, -0.05) is 18.9 Å². The van der Waals surface area contributed by atoms with Crippen molar-refractivity contribution in [2.45, 2.75) is 25.7 Å². The van der Waals surface area contributed by atoms with Crippen LogP contribution < -0.4 is 5.32 Å². The summed E-state index contributed by atoms with van der Waals surface area (Å²) < 4.78 is 0. The number of carbonyl (C=O) groups is 2. The van der Waals surface area contributed by atoms with Crippen LogP contribution >= 0.6 is 0 Å². The minimum atomic E-state index is -0.742. The second kappa shape index (κ2) is 7.03. The van der Waals surface area contributed by atoms with Gasteiger partial charge in [0.2, 0.25) is 0 Å². The molecule has 0 bridgehead atoms. The van der Waals surface area contributed by atoms with Gasteiger partial charge in [-0.2, -0.15) is 0 Å². The smallest absolute Gasteiger partial charge is 0.317 e. The number of amides is 2. The van der Waals surface area contributed by atoms with Crippen LogP contribution in [0.5, 0.6) is 0 Å². The summed E-state index contributed by atoms with van der Waals surface area (Å²) in [6, 6.07) is -0.176. The molecule has 1 fully saturated rings. The van der Waals surface area contributed by atoms with Crippen molar-refractivity contribution in [3.05, 3.63) is 12.7 Å². The van der Waals surface area contributed by atoms with Gasteiger partial charge in [-0.25, -0.2) is 4.79 Å². The molecule has 2 N–H and O–H groups in total. The molecule has 1 aliphatic rings. The molecule has 0 aromatic carbocycles. The summed E-state index contributed by atoms with van der Waals surface area (Å²) in [4.78, 5) is 24.3. The van der Waals surface area contributed by atoms with E-state index in [0.29, 0.717) is 13.1 Å². The lowest BCUT2D eigenvalue weighted by Gasteiger charge is -2.29. The number of likely N-dealkylation sites (N-methyl/N-ethyl adjacent to an activating group) is 1. The summed E-state index contributed by atoms with van der Waals surface area (Å²) in [6.45, 7) is 4.50. The number of carboxylic acids is 1. The Balaban J connectivity index is 2.43. The fourth-order valence-corrected chi connectivity index (χ4v) is 2.41. The lowest BCUT2D eigenvalue weighted by molar-refractivity contribution is -0.144. The summed E-state index contributed by atoms with van der Waals surface area (Å²) in [5, 5.41) is 11.9. The van der Waals surface area contributed by atoms with Crippen LogP contribution in [0.1, 0.15) is 25.7 Å². The second-order valence-corrected chi connectivity index (χ2v) is 4.84. The van der Waals surface area contributed by atoms with Gasteiger partial charge in [0.05, 0.1) is 5.92 Å². The van der Waals surface area contributed by atoms with Gasteiger partial charge in [-0.15, -0.1) is 6.58 Å².